The van der Waals surface area contributed by atoms with Crippen LogP contribution in [0.1, 0.15) is 31.6 Å². The van der Waals surface area contributed by atoms with Crippen LogP contribution in [0.5, 0.6) is 0 Å². The summed E-state index contributed by atoms with van der Waals surface area (Å²) in [6.07, 6.45) is 7.64. The van der Waals surface area contributed by atoms with Crippen molar-refractivity contribution in [3.63, 3.8) is 0 Å². The van der Waals surface area contributed by atoms with Crippen LogP contribution in [0.15, 0.2) is 23.2 Å². The summed E-state index contributed by atoms with van der Waals surface area (Å²) in [6.45, 7) is 5.49. The SMILES string of the molecule is CSc1c2sc(C3=C(C(=O)[O-])N4C(=O)[C@H]([C@@H](C)O)[C@H]4[C@H]3C)cn2c[n+]1C[C@@H]1CCCN1. The number of carboxylic acids is 1. The molecule has 2 aromatic rings. The summed E-state index contributed by atoms with van der Waals surface area (Å²) < 4.78 is 4.31. The van der Waals surface area contributed by atoms with Crippen molar-refractivity contribution in [1.82, 2.24) is 14.6 Å². The summed E-state index contributed by atoms with van der Waals surface area (Å²) in [5, 5.41) is 26.7. The lowest BCUT2D eigenvalue weighted by atomic mass is 9.77. The molecule has 31 heavy (non-hydrogen) atoms. The fraction of sp³-hybridized carbons (Fsp3) is 0.571. The summed E-state index contributed by atoms with van der Waals surface area (Å²) in [4.78, 5) is 27.8. The molecular weight excluding hydrogens is 436 g/mol. The van der Waals surface area contributed by atoms with E-state index in [4.69, 9.17) is 0 Å². The number of amides is 1. The Labute approximate surface area is 188 Å². The van der Waals surface area contributed by atoms with Crippen LogP contribution in [0.25, 0.3) is 10.4 Å². The minimum absolute atomic E-state index is 0.0439. The van der Waals surface area contributed by atoms with Crippen molar-refractivity contribution in [2.24, 2.45) is 11.8 Å². The lowest BCUT2D eigenvalue weighted by molar-refractivity contribution is -0.731. The van der Waals surface area contributed by atoms with E-state index in [0.717, 1.165) is 27.8 Å². The zero-order valence-corrected chi connectivity index (χ0v) is 19.3. The number of aliphatic hydroxyl groups excluding tert-OH is 1. The van der Waals surface area contributed by atoms with Crippen LogP contribution >= 0.6 is 23.1 Å². The minimum atomic E-state index is -1.34. The topological polar surface area (TPSA) is 101 Å². The molecule has 3 aliphatic heterocycles. The molecule has 5 heterocycles. The van der Waals surface area contributed by atoms with E-state index in [9.17, 15) is 19.8 Å². The van der Waals surface area contributed by atoms with Gasteiger partial charge in [0.2, 0.25) is 15.8 Å². The molecule has 2 saturated heterocycles. The molecule has 0 unspecified atom stereocenters. The predicted molar refractivity (Wildman–Crippen MR) is 115 cm³/mol. The van der Waals surface area contributed by atoms with Gasteiger partial charge in [0.05, 0.1) is 34.6 Å². The lowest BCUT2D eigenvalue weighted by Gasteiger charge is -2.47. The third-order valence-corrected chi connectivity index (χ3v) is 8.90. The first kappa shape index (κ1) is 21.0. The molecule has 3 aliphatic rings. The van der Waals surface area contributed by atoms with Crippen LogP contribution in [0, 0.1) is 11.8 Å². The van der Waals surface area contributed by atoms with Crippen LogP contribution < -0.4 is 15.0 Å². The number of thioether (sulfide) groups is 1. The number of nitrogens with zero attached hydrogens (tertiary/aromatic N) is 3. The number of aliphatic hydroxyl groups is 1. The Morgan fingerprint density at radius 1 is 1.52 bits per heavy atom. The summed E-state index contributed by atoms with van der Waals surface area (Å²) in [6, 6.07) is 0.136. The van der Waals surface area contributed by atoms with Crippen molar-refractivity contribution >= 4 is 45.4 Å². The van der Waals surface area contributed by atoms with Crippen molar-refractivity contribution in [2.75, 3.05) is 12.8 Å². The highest BCUT2D eigenvalue weighted by Crippen LogP contribution is 2.51. The van der Waals surface area contributed by atoms with Crippen molar-refractivity contribution in [3.8, 4) is 0 Å². The van der Waals surface area contributed by atoms with E-state index in [1.807, 2.05) is 13.1 Å². The zero-order valence-electron chi connectivity index (χ0n) is 17.7. The summed E-state index contributed by atoms with van der Waals surface area (Å²) in [5.74, 6) is -2.44. The fourth-order valence-corrected chi connectivity index (χ4v) is 7.61. The number of carbonyl (C=O) groups excluding carboxylic acids is 2. The van der Waals surface area contributed by atoms with E-state index in [-0.39, 0.29) is 23.6 Å². The Morgan fingerprint density at radius 2 is 2.29 bits per heavy atom. The Balaban J connectivity index is 1.55. The second-order valence-electron chi connectivity index (χ2n) is 8.68. The molecule has 10 heteroatoms. The first-order valence-electron chi connectivity index (χ1n) is 10.6. The number of carbonyl (C=O) groups is 2. The second kappa shape index (κ2) is 7.61. The molecule has 8 nitrogen and oxygen atoms in total. The maximum atomic E-state index is 12.6. The van der Waals surface area contributed by atoms with Crippen LogP contribution in [0.3, 0.4) is 0 Å². The number of thiazole rings is 1. The van der Waals surface area contributed by atoms with Crippen LogP contribution in [0.4, 0.5) is 0 Å². The third kappa shape index (κ3) is 3.06. The van der Waals surface area contributed by atoms with Gasteiger partial charge in [-0.2, -0.15) is 4.40 Å². The second-order valence-corrected chi connectivity index (χ2v) is 10.5. The fourth-order valence-electron chi connectivity index (χ4n) is 5.43. The number of imidazole rings is 1. The van der Waals surface area contributed by atoms with Gasteiger partial charge in [0.15, 0.2) is 0 Å². The van der Waals surface area contributed by atoms with Gasteiger partial charge in [-0.15, -0.1) is 0 Å². The van der Waals surface area contributed by atoms with Crippen LogP contribution in [0.2, 0.25) is 0 Å². The molecule has 5 rings (SSSR count). The maximum absolute atomic E-state index is 12.6. The molecule has 2 N–H and O–H groups in total. The Morgan fingerprint density at radius 3 is 2.90 bits per heavy atom. The van der Waals surface area contributed by atoms with Crippen LogP contribution in [-0.4, -0.2) is 57.3 Å². The normalized spacial score (nSPS) is 29.0. The molecule has 2 fully saturated rings. The quantitative estimate of drug-likeness (QED) is 0.358. The minimum Gasteiger partial charge on any atom is -0.543 e. The van der Waals surface area contributed by atoms with Gasteiger partial charge in [-0.1, -0.05) is 30.0 Å². The van der Waals surface area contributed by atoms with Gasteiger partial charge >= 0.3 is 0 Å². The Kier molecular flexibility index (Phi) is 5.16. The zero-order chi connectivity index (χ0) is 22.0. The standard InChI is InChI=1S/C21H26N4O4S2/c1-10-14(17(21(28)29)25-16(10)15(11(2)26)18(25)27)13-8-24-9-23(7-12-5-4-6-22-12)19(30-3)20(24)31-13/h8-12,15-16,22,26H,4-7H2,1-3H3/t10-,11+,12-,15+,16+/m0/s1. The molecule has 0 radical (unpaired) electrons. The smallest absolute Gasteiger partial charge is 0.250 e. The average Bonchev–Trinajstić information content (AvgIpc) is 3.44. The number of hydrogen-bond donors (Lipinski definition) is 2. The van der Waals surface area contributed by atoms with Gasteiger partial charge in [-0.3, -0.25) is 4.79 Å². The van der Waals surface area contributed by atoms with Gasteiger partial charge in [0.1, 0.15) is 12.7 Å². The predicted octanol–water partition coefficient (Wildman–Crippen LogP) is 0.0807. The first-order chi connectivity index (χ1) is 14.8. The number of nitrogens with one attached hydrogen (secondary N) is 1. The molecule has 1 amide bonds. The average molecular weight is 463 g/mol. The van der Waals surface area contributed by atoms with Crippen molar-refractivity contribution < 1.29 is 24.4 Å². The highest BCUT2D eigenvalue weighted by Gasteiger charge is 2.59. The molecule has 0 aromatic carbocycles. The number of aromatic nitrogens is 2. The first-order valence-corrected chi connectivity index (χ1v) is 12.7. The molecule has 2 aromatic heterocycles. The summed E-state index contributed by atoms with van der Waals surface area (Å²) in [7, 11) is 0. The van der Waals surface area contributed by atoms with Crippen molar-refractivity contribution in [2.45, 2.75) is 56.4 Å². The number of hydrogen-bond acceptors (Lipinski definition) is 7. The molecule has 5 atom stereocenters. The monoisotopic (exact) mass is 462 g/mol. The lowest BCUT2D eigenvalue weighted by Crippen LogP contribution is -2.64. The summed E-state index contributed by atoms with van der Waals surface area (Å²) in [5.41, 5.74) is 0.587. The third-order valence-electron chi connectivity index (χ3n) is 6.81. The number of fused-ring (bicyclic) bond motifs is 2. The maximum Gasteiger partial charge on any atom is 0.250 e. The largest absolute Gasteiger partial charge is 0.543 e. The number of carboxylic acid groups (broad SMARTS) is 1. The molecule has 166 valence electrons. The van der Waals surface area contributed by atoms with Crippen molar-refractivity contribution in [3.05, 3.63) is 23.1 Å². The van der Waals surface area contributed by atoms with E-state index in [2.05, 4.69) is 26.9 Å². The Hall–Kier alpha value is -1.88. The van der Waals surface area contributed by atoms with E-state index in [1.165, 1.54) is 17.7 Å². The Bertz CT molecular complexity index is 1100. The molecule has 0 aliphatic carbocycles. The van der Waals surface area contributed by atoms with E-state index in [0.29, 0.717) is 11.6 Å². The number of β-lactam (4-membered cyclic amide) rings is 1. The van der Waals surface area contributed by atoms with Gasteiger partial charge in [-0.25, -0.2) is 4.57 Å². The van der Waals surface area contributed by atoms with Gasteiger partial charge < -0.3 is 25.2 Å². The molecular formula is C21H26N4O4S2. The van der Waals surface area contributed by atoms with Crippen LogP contribution in [-0.2, 0) is 16.1 Å². The van der Waals surface area contributed by atoms with Gasteiger partial charge in [-0.05, 0) is 32.6 Å². The molecule has 0 spiro atoms. The van der Waals surface area contributed by atoms with Gasteiger partial charge in [0.25, 0.3) is 6.33 Å². The summed E-state index contributed by atoms with van der Waals surface area (Å²) >= 11 is 3.22. The van der Waals surface area contributed by atoms with Crippen molar-refractivity contribution in [1.29, 1.82) is 0 Å². The highest BCUT2D eigenvalue weighted by molar-refractivity contribution is 7.98. The van der Waals surface area contributed by atoms with E-state index in [1.54, 1.807) is 30.0 Å². The number of aliphatic carboxylic acids is 1. The van der Waals surface area contributed by atoms with E-state index >= 15 is 0 Å². The molecule has 0 bridgehead atoms. The van der Waals surface area contributed by atoms with E-state index < -0.39 is 18.0 Å². The highest BCUT2D eigenvalue weighted by atomic mass is 32.2. The van der Waals surface area contributed by atoms with Gasteiger partial charge in [0, 0.05) is 17.5 Å². The number of rotatable bonds is 6. The molecule has 0 saturated carbocycles.